The van der Waals surface area contributed by atoms with Crippen LogP contribution in [0.25, 0.3) is 10.9 Å². The fourth-order valence-electron chi connectivity index (χ4n) is 9.73. The van der Waals surface area contributed by atoms with E-state index in [1.807, 2.05) is 30.3 Å². The zero-order valence-corrected chi connectivity index (χ0v) is 51.9. The van der Waals surface area contributed by atoms with E-state index >= 15 is 0 Å². The Morgan fingerprint density at radius 2 is 1.25 bits per heavy atom. The maximum atomic E-state index is 14.2. The fourth-order valence-corrected chi connectivity index (χ4v) is 9.77. The zero-order valence-electron chi connectivity index (χ0n) is 50.2. The van der Waals surface area contributed by atoms with Crippen molar-refractivity contribution in [3.63, 3.8) is 0 Å². The maximum absolute atomic E-state index is 14.2. The van der Waals surface area contributed by atoms with Crippen LogP contribution in [0.2, 0.25) is 0 Å². The quantitative estimate of drug-likeness (QED) is 0.0287. The lowest BCUT2D eigenvalue weighted by Crippen LogP contribution is -2.71. The minimum atomic E-state index is -3.67. The molecule has 4 saturated heterocycles. The third-order valence-corrected chi connectivity index (χ3v) is 13.0. The molecule has 3 aromatic rings. The second kappa shape index (κ2) is 40.3. The molecule has 2 aromatic carbocycles. The Morgan fingerprint density at radius 1 is 0.750 bits per heavy atom. The van der Waals surface area contributed by atoms with Gasteiger partial charge >= 0.3 is 0 Å². The molecule has 7 atom stereocenters. The molecular weight excluding hydrogens is 1280 g/mol. The summed E-state index contributed by atoms with van der Waals surface area (Å²) < 4.78 is 34.9. The minimum Gasteiger partial charge on any atom is -0.361 e. The highest BCUT2D eigenvalue weighted by Crippen LogP contribution is 2.47. The first-order chi connectivity index (χ1) is 46.5. The summed E-state index contributed by atoms with van der Waals surface area (Å²) in [6, 6.07) is 14.4. The van der Waals surface area contributed by atoms with Crippen molar-refractivity contribution in [1.82, 2.24) is 25.0 Å². The average Bonchev–Trinajstić information content (AvgIpc) is 1.54. The molecule has 512 valence electrons. The summed E-state index contributed by atoms with van der Waals surface area (Å²) in [6.07, 6.45) is 15.7. The summed E-state index contributed by atoms with van der Waals surface area (Å²) in [5.41, 5.74) is 2.74. The lowest BCUT2D eigenvalue weighted by atomic mass is 9.72. The number of piperidine rings is 1. The van der Waals surface area contributed by atoms with E-state index in [9.17, 15) is 27.9 Å². The third kappa shape index (κ3) is 24.2. The summed E-state index contributed by atoms with van der Waals surface area (Å²) in [5.74, 6) is 74.8. The van der Waals surface area contributed by atoms with Crippen LogP contribution in [0.15, 0.2) is 80.1 Å². The van der Waals surface area contributed by atoms with Gasteiger partial charge in [0.1, 0.15) is 12.1 Å². The molecule has 1 aromatic heterocycles. The number of carbonyl (C=O) groups excluding carboxylic acids is 3. The normalized spacial score (nSPS) is 19.4. The predicted octanol–water partition coefficient (Wildman–Crippen LogP) is 7.01. The Labute approximate surface area is 585 Å². The molecule has 96 heavy (non-hydrogen) atoms. The molecule has 26 nitrogen and oxygen atoms in total. The number of H-pyrrole nitrogens is 1. The molecule has 0 spiro atoms. The van der Waals surface area contributed by atoms with E-state index in [4.69, 9.17) is 27.4 Å². The first kappa shape index (κ1) is 74.2. The predicted molar refractivity (Wildman–Crippen MR) is 379 cm³/mol. The number of nitrogens with zero attached hydrogens (tertiary/aromatic N) is 8. The van der Waals surface area contributed by atoms with Gasteiger partial charge < -0.3 is 25.2 Å². The first-order valence-corrected chi connectivity index (χ1v) is 29.2. The molecule has 5 heterocycles. The van der Waals surface area contributed by atoms with Gasteiger partial charge in [-0.25, -0.2) is 5.26 Å². The molecule has 5 aliphatic rings. The van der Waals surface area contributed by atoms with Crippen LogP contribution in [0.5, 0.6) is 0 Å². The summed E-state index contributed by atoms with van der Waals surface area (Å²) in [4.78, 5) is 54.1. The van der Waals surface area contributed by atoms with Crippen molar-refractivity contribution < 1.29 is 105 Å². The van der Waals surface area contributed by atoms with Crippen LogP contribution in [-0.2, 0) is 89.7 Å². The molecule has 0 radical (unpaired) electrons. The van der Waals surface area contributed by atoms with Crippen LogP contribution in [-0.4, -0.2) is 117 Å². The van der Waals surface area contributed by atoms with E-state index in [0.717, 1.165) is 17.5 Å². The number of hydrogen-bond acceptors (Lipinski definition) is 18. The SMILES string of the molecule is C#CC#CC#CC#CC#CC#CC#CC#CC#CC#CC#CC#CC#CC#CC#CC#CC#C.CN1C[C@H](C(=O)N[C@]2(C)O[C@@]3(O)[C@@H]4CCCN4C(=O)[C@H](Cc4ccccc4)N3C2=O)C[C@@H]2c3cccc4[nH]cc(c34)C[C@H]21.CS(=O)(=O)O.OOOOOOOO/N=N/N=N/N=S.[HH].[HH].[HH].[HH].[HH].[HH].[HH].[HH].[HH].[HH].[HH].[HH].[HH].[HH].[HH].[HH].[HH].[HH].[HH]. The number of piperazine rings is 1. The van der Waals surface area contributed by atoms with Crippen molar-refractivity contribution in [2.45, 2.75) is 74.7 Å². The van der Waals surface area contributed by atoms with E-state index in [-0.39, 0.29) is 63.2 Å². The number of hydrogen-bond donors (Lipinski definition) is 5. The van der Waals surface area contributed by atoms with Crippen LogP contribution >= 0.6 is 0 Å². The standard InChI is InChI=1S/C34H2.C33H37N5O5.CH4O3S.HN5O8S.19H2/c1-3-5-7-9-11-13-15-17-19-21-23-25-27-29-31-33-34-32-30-28-26-24-22-20-18-16-14-12-10-8-6-4-2;1-32(35-29(39)21-15-23-22-10-6-11-24-28(22)20(17-34-24)16-25(23)36(2)18-21)31(41)38-26(14-19-8-4-3-5-9-19)30(40)37-13-7-12-27(37)33(38,42)43-32;1-5(2,3)4;6-8-10-12-13-11-9-7-4-2-1-3-5-14;;;;;;;;;;;;;;;;;;;/h1-2H;3-6,8-11,17,21,23,25-27,34,42H,7,12-16,18H2,1-2H3,(H,35,39);1H3,(H,2,3,4);6H;19*1H/b;;;3-1+,4-2+;;;;;;;;;;;;;;;;;;;/t;21-,23-,25-,26+,27+,32-,33+;;;;;;;;;;;;;;;;;;;;;/m.1...................../s1. The number of amides is 3. The van der Waals surface area contributed by atoms with Crippen LogP contribution in [0.4, 0.5) is 0 Å². The number of fused-ring (bicyclic) bond motifs is 5. The monoisotopic (exact) mass is 1360 g/mol. The number of likely N-dealkylation sites (tertiary alicyclic amines) is 1. The number of rotatable bonds is 13. The Morgan fingerprint density at radius 3 is 1.75 bits per heavy atom. The number of terminal acetylenes is 2. The average molecular weight is 1360 g/mol. The van der Waals surface area contributed by atoms with Crippen LogP contribution < -0.4 is 5.32 Å². The van der Waals surface area contributed by atoms with Crippen molar-refractivity contribution in [3.8, 4) is 202 Å². The summed E-state index contributed by atoms with van der Waals surface area (Å²) >= 11 is 4.00. The Bertz CT molecular complexity index is 4690. The number of benzene rings is 2. The van der Waals surface area contributed by atoms with Crippen LogP contribution in [0.3, 0.4) is 0 Å². The Hall–Kier alpha value is -12.6. The first-order valence-electron chi connectivity index (χ1n) is 27.0. The zero-order chi connectivity index (χ0) is 69.3. The van der Waals surface area contributed by atoms with E-state index in [1.54, 1.807) is 4.90 Å². The Balaban J connectivity index is -0.0000000975. The lowest BCUT2D eigenvalue weighted by molar-refractivity contribution is -0.812. The molecule has 28 heteroatoms. The number of aromatic nitrogens is 1. The number of aliphatic hydroxyl groups is 1. The number of ether oxygens (including phenoxy) is 1. The van der Waals surface area contributed by atoms with Gasteiger partial charge in [-0.05, 0) is 177 Å². The fraction of sp³-hybridized carbons (Fsp3) is 0.250. The van der Waals surface area contributed by atoms with E-state index in [2.05, 4.69) is 309 Å². The smallest absolute Gasteiger partial charge is 0.280 e. The molecule has 4 aliphatic heterocycles. The summed E-state index contributed by atoms with van der Waals surface area (Å²) in [7, 11) is -1.61. The highest BCUT2D eigenvalue weighted by molar-refractivity contribution is 7.85. The molecule has 0 unspecified atom stereocenters. The van der Waals surface area contributed by atoms with E-state index in [1.165, 1.54) is 28.3 Å². The highest BCUT2D eigenvalue weighted by Gasteiger charge is 2.70. The number of carbonyl (C=O) groups is 3. The second-order valence-electron chi connectivity index (χ2n) is 18.9. The molecule has 0 bridgehead atoms. The van der Waals surface area contributed by atoms with Gasteiger partial charge in [-0.2, -0.15) is 13.4 Å². The van der Waals surface area contributed by atoms with Crippen molar-refractivity contribution in [1.29, 1.82) is 0 Å². The third-order valence-electron chi connectivity index (χ3n) is 12.9. The van der Waals surface area contributed by atoms with Gasteiger partial charge in [0.25, 0.3) is 21.9 Å². The summed E-state index contributed by atoms with van der Waals surface area (Å²) in [5, 5.41) is 54.9. The van der Waals surface area contributed by atoms with Gasteiger partial charge in [0.05, 0.1) is 29.9 Å². The van der Waals surface area contributed by atoms with Crippen LogP contribution in [0.1, 0.15) is 75.9 Å². The van der Waals surface area contributed by atoms with E-state index < -0.39 is 39.7 Å². The molecule has 8 rings (SSSR count). The lowest BCUT2D eigenvalue weighted by Gasteiger charge is -2.48. The molecule has 5 N–H and O–H groups in total. The van der Waals surface area contributed by atoms with Gasteiger partial charge in [0.15, 0.2) is 0 Å². The van der Waals surface area contributed by atoms with Crippen molar-refractivity contribution in [2.75, 3.05) is 26.4 Å². The largest absolute Gasteiger partial charge is 0.361 e. The van der Waals surface area contributed by atoms with Crippen LogP contribution in [0, 0.1) is 208 Å². The molecule has 4 fully saturated rings. The number of likely N-dealkylation sites (N-methyl/N-ethyl adjacent to an activating group) is 1. The number of aromatic amines is 1. The van der Waals surface area contributed by atoms with Gasteiger partial charge in [0, 0.05) is 196 Å². The molecule has 3 amide bonds. The van der Waals surface area contributed by atoms with Gasteiger partial charge in [-0.3, -0.25) is 28.6 Å². The van der Waals surface area contributed by atoms with E-state index in [0.29, 0.717) is 38.6 Å². The van der Waals surface area contributed by atoms with Gasteiger partial charge in [0.2, 0.25) is 17.5 Å². The van der Waals surface area contributed by atoms with Gasteiger partial charge in [-0.1, -0.05) is 46.9 Å². The Kier molecular flexibility index (Phi) is 31.2. The van der Waals surface area contributed by atoms with Crippen molar-refractivity contribution in [3.05, 3.63) is 71.4 Å². The number of nitrogens with one attached hydrogen (secondary N) is 2. The van der Waals surface area contributed by atoms with Gasteiger partial charge in [-0.15, -0.1) is 12.8 Å². The maximum Gasteiger partial charge on any atom is 0.280 e. The molecule has 1 aliphatic carbocycles. The second-order valence-corrected chi connectivity index (χ2v) is 20.5. The molecule has 0 saturated carbocycles. The molecular formula is C68H82N10O16S2. The topological polar surface area (TPSA) is 319 Å². The minimum absolute atomic E-state index is 0. The highest BCUT2D eigenvalue weighted by atomic mass is 32.2. The summed E-state index contributed by atoms with van der Waals surface area (Å²) in [6.45, 7) is 2.56. The van der Waals surface area contributed by atoms with Crippen molar-refractivity contribution in [2.24, 2.45) is 31.3 Å². The van der Waals surface area contributed by atoms with Crippen molar-refractivity contribution >= 4 is 51.2 Å².